The van der Waals surface area contributed by atoms with E-state index in [0.29, 0.717) is 4.90 Å². The molecule has 0 fully saturated rings. The largest absolute Gasteiger partial charge is 0.319 e. The van der Waals surface area contributed by atoms with Gasteiger partial charge in [-0.05, 0) is 57.0 Å². The van der Waals surface area contributed by atoms with Crippen LogP contribution in [0.15, 0.2) is 29.2 Å². The zero-order valence-corrected chi connectivity index (χ0v) is 14.4. The average molecular weight is 312 g/mol. The van der Waals surface area contributed by atoms with E-state index in [2.05, 4.69) is 10.0 Å². The minimum Gasteiger partial charge on any atom is -0.319 e. The molecule has 1 aromatic carbocycles. The van der Waals surface area contributed by atoms with Crippen LogP contribution in [0.1, 0.15) is 45.6 Å². The Morgan fingerprint density at radius 2 is 1.52 bits per heavy atom. The quantitative estimate of drug-likeness (QED) is 0.737. The van der Waals surface area contributed by atoms with Crippen LogP contribution < -0.4 is 10.0 Å². The van der Waals surface area contributed by atoms with E-state index in [-0.39, 0.29) is 5.54 Å². The topological polar surface area (TPSA) is 58.2 Å². The molecule has 120 valence electrons. The highest BCUT2D eigenvalue weighted by molar-refractivity contribution is 7.89. The number of benzene rings is 1. The van der Waals surface area contributed by atoms with Crippen molar-refractivity contribution >= 4 is 10.0 Å². The van der Waals surface area contributed by atoms with Crippen LogP contribution in [-0.4, -0.2) is 27.5 Å². The molecule has 2 N–H and O–H groups in total. The summed E-state index contributed by atoms with van der Waals surface area (Å²) in [6, 6.07) is 7.16. The number of hydrogen-bond donors (Lipinski definition) is 2. The summed E-state index contributed by atoms with van der Waals surface area (Å²) in [5.41, 5.74) is 0.792. The SMILES string of the molecule is CCC(CC)(CC)NS(=O)(=O)c1ccc(CCNC)cc1. The van der Waals surface area contributed by atoms with Gasteiger partial charge in [0, 0.05) is 5.54 Å². The third kappa shape index (κ3) is 4.80. The summed E-state index contributed by atoms with van der Waals surface area (Å²) in [6.45, 7) is 6.96. The van der Waals surface area contributed by atoms with Crippen LogP contribution in [0, 0.1) is 0 Å². The second kappa shape index (κ2) is 7.92. The molecular formula is C16H28N2O2S. The Kier molecular flexibility index (Phi) is 6.84. The molecule has 0 aromatic heterocycles. The predicted molar refractivity (Wildman–Crippen MR) is 88.0 cm³/mol. The second-order valence-electron chi connectivity index (χ2n) is 5.44. The molecule has 0 aliphatic rings. The molecule has 1 rings (SSSR count). The first-order valence-corrected chi connectivity index (χ1v) is 9.19. The van der Waals surface area contributed by atoms with Gasteiger partial charge in [-0.1, -0.05) is 32.9 Å². The van der Waals surface area contributed by atoms with Gasteiger partial charge in [0.1, 0.15) is 0 Å². The van der Waals surface area contributed by atoms with E-state index in [4.69, 9.17) is 0 Å². The van der Waals surface area contributed by atoms with Crippen molar-refractivity contribution in [2.24, 2.45) is 0 Å². The van der Waals surface area contributed by atoms with Crippen LogP contribution in [0.3, 0.4) is 0 Å². The highest BCUT2D eigenvalue weighted by atomic mass is 32.2. The van der Waals surface area contributed by atoms with Gasteiger partial charge in [-0.3, -0.25) is 0 Å². The van der Waals surface area contributed by atoms with Gasteiger partial charge in [-0.2, -0.15) is 0 Å². The first kappa shape index (κ1) is 18.1. The standard InChI is InChI=1S/C16H28N2O2S/c1-5-16(6-2,7-3)18-21(19,20)15-10-8-14(9-11-15)12-13-17-4/h8-11,17-18H,5-7,12-13H2,1-4H3. The zero-order chi connectivity index (χ0) is 15.9. The zero-order valence-electron chi connectivity index (χ0n) is 13.6. The van der Waals surface area contributed by atoms with Crippen molar-refractivity contribution in [1.82, 2.24) is 10.0 Å². The molecule has 0 radical (unpaired) electrons. The maximum atomic E-state index is 12.5. The van der Waals surface area contributed by atoms with Gasteiger partial charge in [0.05, 0.1) is 4.90 Å². The number of nitrogens with one attached hydrogen (secondary N) is 2. The van der Waals surface area contributed by atoms with Crippen LogP contribution in [0.25, 0.3) is 0 Å². The molecule has 1 aromatic rings. The Labute approximate surface area is 129 Å². The summed E-state index contributed by atoms with van der Waals surface area (Å²) < 4.78 is 27.9. The Bertz CT molecular complexity index is 511. The smallest absolute Gasteiger partial charge is 0.241 e. The van der Waals surface area contributed by atoms with Crippen molar-refractivity contribution in [2.45, 2.75) is 56.9 Å². The number of rotatable bonds is 9. The molecule has 0 saturated carbocycles. The molecule has 0 atom stereocenters. The minimum absolute atomic E-state index is 0.343. The van der Waals surface area contributed by atoms with Crippen LogP contribution in [0.2, 0.25) is 0 Å². The van der Waals surface area contributed by atoms with E-state index < -0.39 is 10.0 Å². The summed E-state index contributed by atoms with van der Waals surface area (Å²) in [4.78, 5) is 0.343. The first-order chi connectivity index (χ1) is 9.93. The summed E-state index contributed by atoms with van der Waals surface area (Å²) in [7, 11) is -1.55. The minimum atomic E-state index is -3.46. The van der Waals surface area contributed by atoms with E-state index in [0.717, 1.165) is 37.8 Å². The Morgan fingerprint density at radius 3 is 1.95 bits per heavy atom. The van der Waals surface area contributed by atoms with Gasteiger partial charge >= 0.3 is 0 Å². The average Bonchev–Trinajstić information content (AvgIpc) is 2.51. The maximum Gasteiger partial charge on any atom is 0.241 e. The van der Waals surface area contributed by atoms with E-state index in [1.807, 2.05) is 40.0 Å². The van der Waals surface area contributed by atoms with Gasteiger partial charge in [0.25, 0.3) is 0 Å². The highest BCUT2D eigenvalue weighted by Gasteiger charge is 2.30. The lowest BCUT2D eigenvalue weighted by Gasteiger charge is -2.31. The van der Waals surface area contributed by atoms with E-state index in [9.17, 15) is 8.42 Å². The fourth-order valence-corrected chi connectivity index (χ4v) is 4.03. The number of sulfonamides is 1. The molecule has 0 saturated heterocycles. The van der Waals surface area contributed by atoms with Crippen LogP contribution in [-0.2, 0) is 16.4 Å². The molecular weight excluding hydrogens is 284 g/mol. The molecule has 0 unspecified atom stereocenters. The molecule has 21 heavy (non-hydrogen) atoms. The van der Waals surface area contributed by atoms with E-state index in [1.165, 1.54) is 0 Å². The lowest BCUT2D eigenvalue weighted by atomic mass is 9.91. The van der Waals surface area contributed by atoms with Gasteiger partial charge < -0.3 is 5.32 Å². The van der Waals surface area contributed by atoms with Gasteiger partial charge in [0.15, 0.2) is 0 Å². The normalized spacial score (nSPS) is 12.6. The maximum absolute atomic E-state index is 12.5. The molecule has 0 aliphatic heterocycles. The van der Waals surface area contributed by atoms with Gasteiger partial charge in [0.2, 0.25) is 10.0 Å². The van der Waals surface area contributed by atoms with Crippen LogP contribution in [0.5, 0.6) is 0 Å². The van der Waals surface area contributed by atoms with Crippen molar-refractivity contribution in [3.05, 3.63) is 29.8 Å². The Hall–Kier alpha value is -0.910. The fourth-order valence-electron chi connectivity index (χ4n) is 2.42. The third-order valence-electron chi connectivity index (χ3n) is 4.28. The third-order valence-corrected chi connectivity index (χ3v) is 5.87. The summed E-state index contributed by atoms with van der Waals surface area (Å²) in [6.07, 6.45) is 3.27. The van der Waals surface area contributed by atoms with Crippen molar-refractivity contribution in [2.75, 3.05) is 13.6 Å². The van der Waals surface area contributed by atoms with Crippen molar-refractivity contribution in [3.8, 4) is 0 Å². The molecule has 0 aliphatic carbocycles. The first-order valence-electron chi connectivity index (χ1n) is 7.70. The Balaban J connectivity index is 2.92. The summed E-state index contributed by atoms with van der Waals surface area (Å²) in [5, 5.41) is 3.08. The van der Waals surface area contributed by atoms with Crippen molar-refractivity contribution < 1.29 is 8.42 Å². The van der Waals surface area contributed by atoms with Crippen LogP contribution >= 0.6 is 0 Å². The monoisotopic (exact) mass is 312 g/mol. The van der Waals surface area contributed by atoms with E-state index in [1.54, 1.807) is 12.1 Å². The van der Waals surface area contributed by atoms with Crippen molar-refractivity contribution in [3.63, 3.8) is 0 Å². The number of likely N-dealkylation sites (N-methyl/N-ethyl adjacent to an activating group) is 1. The number of hydrogen-bond acceptors (Lipinski definition) is 3. The highest BCUT2D eigenvalue weighted by Crippen LogP contribution is 2.23. The lowest BCUT2D eigenvalue weighted by Crippen LogP contribution is -2.46. The summed E-state index contributed by atoms with van der Waals surface area (Å²) >= 11 is 0. The Morgan fingerprint density at radius 1 is 1.00 bits per heavy atom. The van der Waals surface area contributed by atoms with Crippen molar-refractivity contribution in [1.29, 1.82) is 0 Å². The molecule has 0 heterocycles. The van der Waals surface area contributed by atoms with E-state index >= 15 is 0 Å². The van der Waals surface area contributed by atoms with Crippen LogP contribution in [0.4, 0.5) is 0 Å². The fraction of sp³-hybridized carbons (Fsp3) is 0.625. The molecule has 0 amide bonds. The predicted octanol–water partition coefficient (Wildman–Crippen LogP) is 2.70. The van der Waals surface area contributed by atoms with Gasteiger partial charge in [-0.15, -0.1) is 0 Å². The summed E-state index contributed by atoms with van der Waals surface area (Å²) in [5.74, 6) is 0. The molecule has 5 heteroatoms. The van der Waals surface area contributed by atoms with Gasteiger partial charge in [-0.25, -0.2) is 13.1 Å². The molecule has 4 nitrogen and oxygen atoms in total. The lowest BCUT2D eigenvalue weighted by molar-refractivity contribution is 0.341. The molecule has 0 bridgehead atoms. The second-order valence-corrected chi connectivity index (χ2v) is 7.13. The molecule has 0 spiro atoms.